The van der Waals surface area contributed by atoms with Crippen molar-refractivity contribution in [2.45, 2.75) is 19.3 Å². The third-order valence-corrected chi connectivity index (χ3v) is 5.83. The minimum absolute atomic E-state index is 0.220. The lowest BCUT2D eigenvalue weighted by molar-refractivity contribution is 0.0697. The summed E-state index contributed by atoms with van der Waals surface area (Å²) in [6, 6.07) is 6.50. The smallest absolute Gasteiger partial charge is 0.335 e. The normalized spacial score (nSPS) is 18.6. The van der Waals surface area contributed by atoms with E-state index in [9.17, 15) is 13.2 Å². The first-order valence-corrected chi connectivity index (χ1v) is 10.3. The number of aromatic nitrogens is 2. The highest BCUT2D eigenvalue weighted by atomic mass is 32.2. The largest absolute Gasteiger partial charge is 0.478 e. The van der Waals surface area contributed by atoms with Gasteiger partial charge in [0.15, 0.2) is 0 Å². The van der Waals surface area contributed by atoms with Crippen molar-refractivity contribution >= 4 is 16.0 Å². The highest BCUT2D eigenvalue weighted by molar-refractivity contribution is 7.88. The van der Waals surface area contributed by atoms with Crippen LogP contribution in [0.1, 0.15) is 28.9 Å². The molecule has 0 bridgehead atoms. The van der Waals surface area contributed by atoms with Gasteiger partial charge in [-0.1, -0.05) is 12.1 Å². The summed E-state index contributed by atoms with van der Waals surface area (Å²) in [5.74, 6) is -0.749. The fourth-order valence-corrected chi connectivity index (χ4v) is 4.16. The highest BCUT2D eigenvalue weighted by Gasteiger charge is 2.26. The molecule has 0 spiro atoms. The molecule has 26 heavy (non-hydrogen) atoms. The Morgan fingerprint density at radius 1 is 1.27 bits per heavy atom. The van der Waals surface area contributed by atoms with E-state index in [1.54, 1.807) is 24.5 Å². The minimum atomic E-state index is -3.16. The number of rotatable bonds is 5. The SMILES string of the molecule is CS(=O)(=O)N1CCC[C@H](Cc2cncc(-c3ccc(C(=O)O)cc3)n2)C1. The Labute approximate surface area is 152 Å². The molecular weight excluding hydrogens is 354 g/mol. The standard InChI is InChI=1S/C18H21N3O4S/c1-26(24,25)21-8-2-3-13(12-21)9-16-10-19-11-17(20-16)14-4-6-15(7-5-14)18(22)23/h4-7,10-11,13H,2-3,8-9,12H2,1H3,(H,22,23)/t13-/m1/s1. The third-order valence-electron chi connectivity index (χ3n) is 4.56. The van der Waals surface area contributed by atoms with Crippen LogP contribution in [0.5, 0.6) is 0 Å². The average Bonchev–Trinajstić information content (AvgIpc) is 2.61. The maximum Gasteiger partial charge on any atom is 0.335 e. The number of carboxylic acid groups (broad SMARTS) is 1. The Bertz CT molecular complexity index is 897. The molecule has 0 radical (unpaired) electrons. The summed E-state index contributed by atoms with van der Waals surface area (Å²) < 4.78 is 25.0. The Balaban J connectivity index is 1.74. The van der Waals surface area contributed by atoms with E-state index in [0.29, 0.717) is 25.2 Å². The molecular formula is C18H21N3O4S. The molecule has 1 aromatic carbocycles. The molecule has 2 heterocycles. The van der Waals surface area contributed by atoms with Crippen LogP contribution >= 0.6 is 0 Å². The molecule has 0 saturated carbocycles. The fourth-order valence-electron chi connectivity index (χ4n) is 3.22. The van der Waals surface area contributed by atoms with Crippen molar-refractivity contribution in [1.82, 2.24) is 14.3 Å². The van der Waals surface area contributed by atoms with Crippen LogP contribution in [-0.2, 0) is 16.4 Å². The van der Waals surface area contributed by atoms with Crippen molar-refractivity contribution in [2.24, 2.45) is 5.92 Å². The lowest BCUT2D eigenvalue weighted by Crippen LogP contribution is -2.39. The summed E-state index contributed by atoms with van der Waals surface area (Å²) in [5, 5.41) is 8.98. The quantitative estimate of drug-likeness (QED) is 0.858. The van der Waals surface area contributed by atoms with Crippen molar-refractivity contribution in [1.29, 1.82) is 0 Å². The predicted molar refractivity (Wildman–Crippen MR) is 97.3 cm³/mol. The molecule has 3 rings (SSSR count). The van der Waals surface area contributed by atoms with Gasteiger partial charge in [-0.05, 0) is 37.3 Å². The van der Waals surface area contributed by atoms with Gasteiger partial charge in [0, 0.05) is 24.8 Å². The van der Waals surface area contributed by atoms with Crippen molar-refractivity contribution in [3.63, 3.8) is 0 Å². The number of hydrogen-bond acceptors (Lipinski definition) is 5. The van der Waals surface area contributed by atoms with E-state index in [4.69, 9.17) is 5.11 Å². The number of benzene rings is 1. The second kappa shape index (κ2) is 7.51. The predicted octanol–water partition coefficient (Wildman–Crippen LogP) is 2.06. The molecule has 0 amide bonds. The van der Waals surface area contributed by atoms with Crippen molar-refractivity contribution in [3.05, 3.63) is 47.9 Å². The summed E-state index contributed by atoms with van der Waals surface area (Å²) >= 11 is 0. The molecule has 0 unspecified atom stereocenters. The monoisotopic (exact) mass is 375 g/mol. The summed E-state index contributed by atoms with van der Waals surface area (Å²) in [5.41, 5.74) is 2.51. The Morgan fingerprint density at radius 2 is 2.00 bits per heavy atom. The van der Waals surface area contributed by atoms with E-state index in [-0.39, 0.29) is 11.5 Å². The molecule has 1 atom stereocenters. The Morgan fingerprint density at radius 3 is 2.65 bits per heavy atom. The van der Waals surface area contributed by atoms with Gasteiger partial charge in [0.25, 0.3) is 0 Å². The van der Waals surface area contributed by atoms with Crippen molar-refractivity contribution in [3.8, 4) is 11.3 Å². The van der Waals surface area contributed by atoms with Gasteiger partial charge in [0.2, 0.25) is 10.0 Å². The van der Waals surface area contributed by atoms with Gasteiger partial charge in [-0.25, -0.2) is 22.5 Å². The van der Waals surface area contributed by atoms with Gasteiger partial charge in [0.1, 0.15) is 0 Å². The summed E-state index contributed by atoms with van der Waals surface area (Å²) in [6.07, 6.45) is 7.07. The van der Waals surface area contributed by atoms with Crippen LogP contribution in [0.3, 0.4) is 0 Å². The first-order chi connectivity index (χ1) is 12.3. The number of hydrogen-bond donors (Lipinski definition) is 1. The number of sulfonamides is 1. The number of nitrogens with zero attached hydrogens (tertiary/aromatic N) is 3. The van der Waals surface area contributed by atoms with Gasteiger partial charge in [-0.15, -0.1) is 0 Å². The molecule has 2 aromatic rings. The molecule has 8 heteroatoms. The Hall–Kier alpha value is -2.32. The number of aromatic carboxylic acids is 1. The van der Waals surface area contributed by atoms with Crippen LogP contribution < -0.4 is 0 Å². The van der Waals surface area contributed by atoms with Crippen LogP contribution in [-0.4, -0.2) is 53.1 Å². The Kier molecular flexibility index (Phi) is 5.33. The van der Waals surface area contributed by atoms with Crippen molar-refractivity contribution < 1.29 is 18.3 Å². The maximum atomic E-state index is 11.8. The highest BCUT2D eigenvalue weighted by Crippen LogP contribution is 2.23. The fraction of sp³-hybridized carbons (Fsp3) is 0.389. The van der Waals surface area contributed by atoms with Crippen LogP contribution in [0.15, 0.2) is 36.7 Å². The molecule has 1 fully saturated rings. The maximum absolute atomic E-state index is 11.8. The van der Waals surface area contributed by atoms with Gasteiger partial charge < -0.3 is 5.11 Å². The van der Waals surface area contributed by atoms with E-state index in [1.807, 2.05) is 0 Å². The molecule has 1 aromatic heterocycles. The van der Waals surface area contributed by atoms with E-state index in [2.05, 4.69) is 9.97 Å². The van der Waals surface area contributed by atoms with Crippen molar-refractivity contribution in [2.75, 3.05) is 19.3 Å². The van der Waals surface area contributed by atoms with Gasteiger partial charge in [-0.3, -0.25) is 4.98 Å². The summed E-state index contributed by atoms with van der Waals surface area (Å²) in [7, 11) is -3.16. The molecule has 1 aliphatic heterocycles. The molecule has 138 valence electrons. The third kappa shape index (κ3) is 4.44. The van der Waals surface area contributed by atoms with Gasteiger partial charge in [-0.2, -0.15) is 0 Å². The van der Waals surface area contributed by atoms with Crippen LogP contribution in [0.25, 0.3) is 11.3 Å². The topological polar surface area (TPSA) is 100 Å². The van der Waals surface area contributed by atoms with E-state index < -0.39 is 16.0 Å². The molecule has 1 saturated heterocycles. The number of carboxylic acids is 1. The molecule has 7 nitrogen and oxygen atoms in total. The minimum Gasteiger partial charge on any atom is -0.478 e. The first-order valence-electron chi connectivity index (χ1n) is 8.42. The second-order valence-electron chi connectivity index (χ2n) is 6.61. The number of piperidine rings is 1. The van der Waals surface area contributed by atoms with Gasteiger partial charge in [0.05, 0.1) is 29.4 Å². The van der Waals surface area contributed by atoms with Crippen LogP contribution in [0.2, 0.25) is 0 Å². The molecule has 1 aliphatic rings. The summed E-state index contributed by atoms with van der Waals surface area (Å²) in [4.78, 5) is 19.8. The lowest BCUT2D eigenvalue weighted by atomic mass is 9.95. The zero-order valence-electron chi connectivity index (χ0n) is 14.5. The zero-order valence-corrected chi connectivity index (χ0v) is 15.3. The zero-order chi connectivity index (χ0) is 18.7. The number of carbonyl (C=O) groups is 1. The van der Waals surface area contributed by atoms with Crippen LogP contribution in [0.4, 0.5) is 0 Å². The van der Waals surface area contributed by atoms with Crippen LogP contribution in [0, 0.1) is 5.92 Å². The summed E-state index contributed by atoms with van der Waals surface area (Å²) in [6.45, 7) is 1.09. The van der Waals surface area contributed by atoms with E-state index in [0.717, 1.165) is 24.1 Å². The second-order valence-corrected chi connectivity index (χ2v) is 8.59. The molecule has 1 N–H and O–H groups in total. The first kappa shape index (κ1) is 18.5. The van der Waals surface area contributed by atoms with E-state index in [1.165, 1.54) is 22.7 Å². The van der Waals surface area contributed by atoms with Gasteiger partial charge >= 0.3 is 5.97 Å². The van der Waals surface area contributed by atoms with E-state index >= 15 is 0 Å². The molecule has 0 aliphatic carbocycles. The lowest BCUT2D eigenvalue weighted by Gasteiger charge is -2.30. The average molecular weight is 375 g/mol.